The van der Waals surface area contributed by atoms with Gasteiger partial charge in [-0.05, 0) is 38.0 Å². The van der Waals surface area contributed by atoms with Crippen LogP contribution in [-0.2, 0) is 9.84 Å². The third kappa shape index (κ3) is 5.85. The lowest BCUT2D eigenvalue weighted by atomic mass is 10.1. The van der Waals surface area contributed by atoms with E-state index in [1.54, 1.807) is 0 Å². The molecule has 1 N–H and O–H groups in total. The van der Waals surface area contributed by atoms with Crippen molar-refractivity contribution >= 4 is 21.4 Å². The van der Waals surface area contributed by atoms with Crippen LogP contribution in [0, 0.1) is 0 Å². The fourth-order valence-corrected chi connectivity index (χ4v) is 2.66. The highest BCUT2D eigenvalue weighted by Crippen LogP contribution is 2.16. The van der Waals surface area contributed by atoms with Crippen LogP contribution >= 0.6 is 11.6 Å². The third-order valence-electron chi connectivity index (χ3n) is 2.83. The maximum atomic E-state index is 11.1. The van der Waals surface area contributed by atoms with Gasteiger partial charge in [0.1, 0.15) is 9.84 Å². The van der Waals surface area contributed by atoms with Gasteiger partial charge in [0, 0.05) is 23.4 Å². The minimum atomic E-state index is -2.88. The van der Waals surface area contributed by atoms with Crippen LogP contribution in [0.3, 0.4) is 0 Å². The maximum Gasteiger partial charge on any atom is 0.147 e. The molecule has 0 spiro atoms. The molecule has 1 aromatic rings. The molecule has 0 heterocycles. The Hall–Kier alpha value is -0.580. The average molecular weight is 290 g/mol. The minimum Gasteiger partial charge on any atom is -0.308 e. The van der Waals surface area contributed by atoms with Gasteiger partial charge in [0.15, 0.2) is 0 Å². The number of nitrogens with one attached hydrogen (secondary N) is 1. The van der Waals surface area contributed by atoms with Gasteiger partial charge in [-0.3, -0.25) is 0 Å². The Morgan fingerprint density at radius 3 is 2.28 bits per heavy atom. The summed E-state index contributed by atoms with van der Waals surface area (Å²) in [6, 6.07) is 8.00. The van der Waals surface area contributed by atoms with Crippen LogP contribution in [0.2, 0.25) is 5.02 Å². The first-order valence-corrected chi connectivity index (χ1v) is 8.41. The molecule has 0 aromatic heterocycles. The van der Waals surface area contributed by atoms with Crippen LogP contribution in [0.5, 0.6) is 0 Å². The first-order chi connectivity index (χ1) is 8.28. The molecule has 0 amide bonds. The fraction of sp³-hybridized carbons (Fsp3) is 0.538. The van der Waals surface area contributed by atoms with Crippen molar-refractivity contribution in [2.75, 3.05) is 12.0 Å². The molecule has 0 aliphatic carbocycles. The highest BCUT2D eigenvalue weighted by atomic mass is 35.5. The van der Waals surface area contributed by atoms with Gasteiger partial charge >= 0.3 is 0 Å². The summed E-state index contributed by atoms with van der Waals surface area (Å²) < 4.78 is 22.2. The second-order valence-corrected chi connectivity index (χ2v) is 7.46. The van der Waals surface area contributed by atoms with Gasteiger partial charge < -0.3 is 5.32 Å². The molecule has 0 aliphatic rings. The molecule has 0 radical (unpaired) electrons. The number of rotatable bonds is 6. The molecule has 1 rings (SSSR count). The second kappa shape index (κ2) is 6.55. The Bertz CT molecular complexity index is 470. The number of sulfone groups is 1. The molecular weight excluding hydrogens is 270 g/mol. The molecule has 2 atom stereocenters. The van der Waals surface area contributed by atoms with Crippen LogP contribution < -0.4 is 5.32 Å². The van der Waals surface area contributed by atoms with E-state index in [9.17, 15) is 8.42 Å². The highest BCUT2D eigenvalue weighted by molar-refractivity contribution is 7.90. The van der Waals surface area contributed by atoms with E-state index < -0.39 is 9.84 Å². The minimum absolute atomic E-state index is 0.158. The zero-order valence-electron chi connectivity index (χ0n) is 11.0. The van der Waals surface area contributed by atoms with Crippen molar-refractivity contribution in [3.63, 3.8) is 0 Å². The van der Waals surface area contributed by atoms with E-state index in [0.29, 0.717) is 6.42 Å². The van der Waals surface area contributed by atoms with Crippen LogP contribution in [-0.4, -0.2) is 26.5 Å². The number of halogens is 1. The van der Waals surface area contributed by atoms with E-state index in [-0.39, 0.29) is 17.8 Å². The standard InChI is InChI=1S/C13H20ClNO2S/c1-10(8-9-18(3,16)17)15-11(2)12-4-6-13(14)7-5-12/h4-7,10-11,15H,8-9H2,1-3H3/t10-,11+/m1/s1. The summed E-state index contributed by atoms with van der Waals surface area (Å²) in [6.07, 6.45) is 1.89. The van der Waals surface area contributed by atoms with Crippen molar-refractivity contribution < 1.29 is 8.42 Å². The van der Waals surface area contributed by atoms with Crippen LogP contribution in [0.1, 0.15) is 31.9 Å². The van der Waals surface area contributed by atoms with Crippen LogP contribution in [0.15, 0.2) is 24.3 Å². The average Bonchev–Trinajstić information content (AvgIpc) is 2.26. The summed E-state index contributed by atoms with van der Waals surface area (Å²) in [5.41, 5.74) is 1.14. The van der Waals surface area contributed by atoms with E-state index in [0.717, 1.165) is 10.6 Å². The smallest absolute Gasteiger partial charge is 0.147 e. The number of hydrogen-bond acceptors (Lipinski definition) is 3. The SMILES string of the molecule is C[C@H](CCS(C)(=O)=O)N[C@@H](C)c1ccc(Cl)cc1. The summed E-state index contributed by atoms with van der Waals surface area (Å²) in [6.45, 7) is 4.05. The maximum absolute atomic E-state index is 11.1. The second-order valence-electron chi connectivity index (χ2n) is 4.76. The van der Waals surface area contributed by atoms with Crippen molar-refractivity contribution in [1.82, 2.24) is 5.32 Å². The Morgan fingerprint density at radius 1 is 1.22 bits per heavy atom. The molecule has 0 saturated heterocycles. The zero-order chi connectivity index (χ0) is 13.8. The summed E-state index contributed by atoms with van der Waals surface area (Å²) in [5, 5.41) is 4.10. The van der Waals surface area contributed by atoms with E-state index >= 15 is 0 Å². The van der Waals surface area contributed by atoms with Gasteiger partial charge in [0.25, 0.3) is 0 Å². The van der Waals surface area contributed by atoms with Crippen molar-refractivity contribution in [3.8, 4) is 0 Å². The van der Waals surface area contributed by atoms with E-state index in [1.807, 2.05) is 31.2 Å². The van der Waals surface area contributed by atoms with E-state index in [4.69, 9.17) is 11.6 Å². The largest absolute Gasteiger partial charge is 0.308 e. The summed E-state index contributed by atoms with van der Waals surface area (Å²) in [5.74, 6) is 0.217. The lowest BCUT2D eigenvalue weighted by molar-refractivity contribution is 0.468. The molecule has 18 heavy (non-hydrogen) atoms. The Balaban J connectivity index is 2.49. The number of hydrogen-bond donors (Lipinski definition) is 1. The monoisotopic (exact) mass is 289 g/mol. The molecule has 0 bridgehead atoms. The first kappa shape index (κ1) is 15.5. The van der Waals surface area contributed by atoms with Gasteiger partial charge in [-0.25, -0.2) is 8.42 Å². The van der Waals surface area contributed by atoms with Crippen molar-refractivity contribution in [2.45, 2.75) is 32.4 Å². The molecule has 0 unspecified atom stereocenters. The van der Waals surface area contributed by atoms with E-state index in [1.165, 1.54) is 6.26 Å². The zero-order valence-corrected chi connectivity index (χ0v) is 12.6. The molecule has 102 valence electrons. The van der Waals surface area contributed by atoms with Crippen molar-refractivity contribution in [2.24, 2.45) is 0 Å². The third-order valence-corrected chi connectivity index (χ3v) is 4.06. The lowest BCUT2D eigenvalue weighted by Crippen LogP contribution is -2.30. The molecule has 0 aliphatic heterocycles. The van der Waals surface area contributed by atoms with Gasteiger partial charge in [-0.1, -0.05) is 23.7 Å². The van der Waals surface area contributed by atoms with Crippen molar-refractivity contribution in [3.05, 3.63) is 34.9 Å². The highest BCUT2D eigenvalue weighted by Gasteiger charge is 2.11. The van der Waals surface area contributed by atoms with Gasteiger partial charge in [-0.15, -0.1) is 0 Å². The Morgan fingerprint density at radius 2 is 1.78 bits per heavy atom. The summed E-state index contributed by atoms with van der Waals surface area (Å²) in [4.78, 5) is 0. The van der Waals surface area contributed by atoms with Gasteiger partial charge in [-0.2, -0.15) is 0 Å². The predicted molar refractivity (Wildman–Crippen MR) is 76.8 cm³/mol. The first-order valence-electron chi connectivity index (χ1n) is 5.97. The Labute approximate surface area is 114 Å². The quantitative estimate of drug-likeness (QED) is 0.876. The molecule has 1 aromatic carbocycles. The Kier molecular flexibility index (Phi) is 5.63. The van der Waals surface area contributed by atoms with Crippen LogP contribution in [0.25, 0.3) is 0 Å². The van der Waals surface area contributed by atoms with Gasteiger partial charge in [0.05, 0.1) is 5.75 Å². The van der Waals surface area contributed by atoms with Crippen molar-refractivity contribution in [1.29, 1.82) is 0 Å². The number of benzene rings is 1. The molecule has 3 nitrogen and oxygen atoms in total. The summed E-state index contributed by atoms with van der Waals surface area (Å²) >= 11 is 5.83. The molecular formula is C13H20ClNO2S. The molecule has 0 saturated carbocycles. The van der Waals surface area contributed by atoms with Crippen LogP contribution in [0.4, 0.5) is 0 Å². The topological polar surface area (TPSA) is 46.2 Å². The predicted octanol–water partition coefficient (Wildman–Crippen LogP) is 2.81. The fourth-order valence-electron chi connectivity index (χ4n) is 1.75. The van der Waals surface area contributed by atoms with Gasteiger partial charge in [0.2, 0.25) is 0 Å². The van der Waals surface area contributed by atoms with E-state index in [2.05, 4.69) is 12.2 Å². The summed E-state index contributed by atoms with van der Waals surface area (Å²) in [7, 11) is -2.88. The molecule has 5 heteroatoms. The molecule has 0 fully saturated rings. The lowest BCUT2D eigenvalue weighted by Gasteiger charge is -2.20. The normalized spacial score (nSPS) is 15.3.